The Bertz CT molecular complexity index is 381. The maximum Gasteiger partial charge on any atom is 0.0376 e. The van der Waals surface area contributed by atoms with E-state index in [4.69, 9.17) is 0 Å². The van der Waals surface area contributed by atoms with Gasteiger partial charge in [0.05, 0.1) is 0 Å². The van der Waals surface area contributed by atoms with E-state index in [1.807, 2.05) is 11.8 Å². The molecule has 1 aromatic rings. The second-order valence-corrected chi connectivity index (χ2v) is 6.15. The molecule has 0 radical (unpaired) electrons. The average molecular weight is 264 g/mol. The zero-order valence-corrected chi connectivity index (χ0v) is 12.5. The molecule has 1 aliphatic heterocycles. The van der Waals surface area contributed by atoms with Gasteiger partial charge < -0.3 is 10.2 Å². The monoisotopic (exact) mass is 264 g/mol. The average Bonchev–Trinajstić information content (AvgIpc) is 2.79. The highest BCUT2D eigenvalue weighted by atomic mass is 32.2. The smallest absolute Gasteiger partial charge is 0.0376 e. The topological polar surface area (TPSA) is 15.3 Å². The van der Waals surface area contributed by atoms with E-state index in [9.17, 15) is 0 Å². The van der Waals surface area contributed by atoms with Gasteiger partial charge in [-0.3, -0.25) is 0 Å². The van der Waals surface area contributed by atoms with Crippen molar-refractivity contribution in [1.82, 2.24) is 4.90 Å². The van der Waals surface area contributed by atoms with Gasteiger partial charge in [0.1, 0.15) is 0 Å². The van der Waals surface area contributed by atoms with Crippen LogP contribution >= 0.6 is 11.8 Å². The van der Waals surface area contributed by atoms with Crippen molar-refractivity contribution in [3.63, 3.8) is 0 Å². The first-order valence-electron chi connectivity index (χ1n) is 6.74. The van der Waals surface area contributed by atoms with Crippen molar-refractivity contribution in [3.05, 3.63) is 29.8 Å². The van der Waals surface area contributed by atoms with E-state index >= 15 is 0 Å². The Hall–Kier alpha value is -0.670. The predicted octanol–water partition coefficient (Wildman–Crippen LogP) is 3.27. The number of anilines is 1. The molecule has 18 heavy (non-hydrogen) atoms. The van der Waals surface area contributed by atoms with Crippen LogP contribution in [0.15, 0.2) is 24.3 Å². The zero-order valence-electron chi connectivity index (χ0n) is 11.6. The van der Waals surface area contributed by atoms with Crippen molar-refractivity contribution in [2.45, 2.75) is 25.3 Å². The van der Waals surface area contributed by atoms with Crippen molar-refractivity contribution in [1.29, 1.82) is 0 Å². The molecule has 1 aliphatic rings. The zero-order chi connectivity index (χ0) is 13.0. The molecule has 1 heterocycles. The fourth-order valence-corrected chi connectivity index (χ4v) is 3.30. The molecular formula is C15H24N2S. The lowest BCUT2D eigenvalue weighted by Crippen LogP contribution is -2.32. The summed E-state index contributed by atoms with van der Waals surface area (Å²) in [5.41, 5.74) is 2.84. The summed E-state index contributed by atoms with van der Waals surface area (Å²) in [5, 5.41) is 3.51. The molecule has 2 atom stereocenters. The number of thioether (sulfide) groups is 1. The summed E-state index contributed by atoms with van der Waals surface area (Å²) in [7, 11) is 2.25. The third-order valence-corrected chi connectivity index (χ3v) is 4.75. The van der Waals surface area contributed by atoms with E-state index in [1.165, 1.54) is 30.0 Å². The SMILES string of the molecule is CSCC(C)N(C)CCC1CNc2ccccc21. The van der Waals surface area contributed by atoms with Gasteiger partial charge in [-0.25, -0.2) is 0 Å². The van der Waals surface area contributed by atoms with Crippen LogP contribution in [0.2, 0.25) is 0 Å². The maximum absolute atomic E-state index is 3.51. The summed E-state index contributed by atoms with van der Waals surface area (Å²) < 4.78 is 0. The predicted molar refractivity (Wildman–Crippen MR) is 82.8 cm³/mol. The van der Waals surface area contributed by atoms with E-state index in [2.05, 4.69) is 54.7 Å². The third-order valence-electron chi connectivity index (χ3n) is 3.93. The minimum Gasteiger partial charge on any atom is -0.384 e. The second-order valence-electron chi connectivity index (χ2n) is 5.24. The summed E-state index contributed by atoms with van der Waals surface area (Å²) in [5.74, 6) is 1.90. The van der Waals surface area contributed by atoms with Crippen LogP contribution in [0, 0.1) is 0 Å². The van der Waals surface area contributed by atoms with E-state index < -0.39 is 0 Å². The number of hydrogen-bond donors (Lipinski definition) is 1. The first-order valence-corrected chi connectivity index (χ1v) is 8.13. The van der Waals surface area contributed by atoms with E-state index in [1.54, 1.807) is 0 Å². The molecule has 0 aliphatic carbocycles. The van der Waals surface area contributed by atoms with Gasteiger partial charge in [0.15, 0.2) is 0 Å². The van der Waals surface area contributed by atoms with Crippen LogP contribution in [0.3, 0.4) is 0 Å². The molecule has 0 bridgehead atoms. The first-order chi connectivity index (χ1) is 8.72. The number of fused-ring (bicyclic) bond motifs is 1. The Morgan fingerprint density at radius 1 is 1.44 bits per heavy atom. The van der Waals surface area contributed by atoms with Gasteiger partial charge >= 0.3 is 0 Å². The number of nitrogens with one attached hydrogen (secondary N) is 1. The lowest BCUT2D eigenvalue weighted by Gasteiger charge is -2.25. The van der Waals surface area contributed by atoms with Crippen LogP contribution in [0.25, 0.3) is 0 Å². The minimum absolute atomic E-state index is 0.671. The minimum atomic E-state index is 0.671. The van der Waals surface area contributed by atoms with Crippen LogP contribution < -0.4 is 5.32 Å². The molecule has 0 saturated carbocycles. The van der Waals surface area contributed by atoms with Crippen LogP contribution in [-0.2, 0) is 0 Å². The number of benzene rings is 1. The molecule has 1 aromatic carbocycles. The number of nitrogens with zero attached hydrogens (tertiary/aromatic N) is 1. The van der Waals surface area contributed by atoms with Gasteiger partial charge in [-0.05, 0) is 44.8 Å². The molecule has 0 saturated heterocycles. The van der Waals surface area contributed by atoms with Crippen LogP contribution in [0.5, 0.6) is 0 Å². The summed E-state index contributed by atoms with van der Waals surface area (Å²) in [6.45, 7) is 4.60. The van der Waals surface area contributed by atoms with E-state index in [-0.39, 0.29) is 0 Å². The summed E-state index contributed by atoms with van der Waals surface area (Å²) in [6, 6.07) is 9.39. The van der Waals surface area contributed by atoms with Crippen molar-refractivity contribution in [2.75, 3.05) is 37.5 Å². The molecule has 0 aromatic heterocycles. The molecule has 2 nitrogen and oxygen atoms in total. The van der Waals surface area contributed by atoms with Crippen molar-refractivity contribution >= 4 is 17.4 Å². The Morgan fingerprint density at radius 2 is 2.22 bits per heavy atom. The highest BCUT2D eigenvalue weighted by Crippen LogP contribution is 2.33. The van der Waals surface area contributed by atoms with Gasteiger partial charge in [-0.2, -0.15) is 11.8 Å². The Balaban J connectivity index is 1.85. The maximum atomic E-state index is 3.51. The summed E-state index contributed by atoms with van der Waals surface area (Å²) >= 11 is 1.93. The number of rotatable bonds is 6. The van der Waals surface area contributed by atoms with Crippen LogP contribution in [0.4, 0.5) is 5.69 Å². The molecular weight excluding hydrogens is 240 g/mol. The third kappa shape index (κ3) is 3.21. The molecule has 0 amide bonds. The molecule has 2 rings (SSSR count). The highest BCUT2D eigenvalue weighted by molar-refractivity contribution is 7.98. The lowest BCUT2D eigenvalue weighted by molar-refractivity contribution is 0.268. The first kappa shape index (κ1) is 13.8. The van der Waals surface area contributed by atoms with Gasteiger partial charge in [0.2, 0.25) is 0 Å². The quantitative estimate of drug-likeness (QED) is 0.849. The standard InChI is InChI=1S/C15H24N2S/c1-12(11-18-3)17(2)9-8-13-10-16-15-7-5-4-6-14(13)15/h4-7,12-13,16H,8-11H2,1-3H3. The Morgan fingerprint density at radius 3 is 3.00 bits per heavy atom. The molecule has 3 heteroatoms. The van der Waals surface area contributed by atoms with Crippen LogP contribution in [0.1, 0.15) is 24.8 Å². The molecule has 0 fully saturated rings. The van der Waals surface area contributed by atoms with Gasteiger partial charge in [0.25, 0.3) is 0 Å². The largest absolute Gasteiger partial charge is 0.384 e. The van der Waals surface area contributed by atoms with Gasteiger partial charge in [-0.1, -0.05) is 18.2 Å². The van der Waals surface area contributed by atoms with Crippen LogP contribution in [-0.4, -0.2) is 43.1 Å². The lowest BCUT2D eigenvalue weighted by atomic mass is 9.97. The normalized spacial score (nSPS) is 19.7. The molecule has 0 spiro atoms. The Labute approximate surface area is 115 Å². The molecule has 2 unspecified atom stereocenters. The summed E-state index contributed by atoms with van der Waals surface area (Å²) in [6.07, 6.45) is 3.43. The molecule has 100 valence electrons. The van der Waals surface area contributed by atoms with E-state index in [0.29, 0.717) is 12.0 Å². The van der Waals surface area contributed by atoms with Crippen molar-refractivity contribution < 1.29 is 0 Å². The van der Waals surface area contributed by atoms with Gasteiger partial charge in [0, 0.05) is 29.9 Å². The van der Waals surface area contributed by atoms with Crippen molar-refractivity contribution in [2.24, 2.45) is 0 Å². The fraction of sp³-hybridized carbons (Fsp3) is 0.600. The number of para-hydroxylation sites is 1. The Kier molecular flexibility index (Phi) is 4.95. The fourth-order valence-electron chi connectivity index (χ4n) is 2.56. The van der Waals surface area contributed by atoms with E-state index in [0.717, 1.165) is 6.54 Å². The van der Waals surface area contributed by atoms with Crippen molar-refractivity contribution in [3.8, 4) is 0 Å². The van der Waals surface area contributed by atoms with Gasteiger partial charge in [-0.15, -0.1) is 0 Å². The number of hydrogen-bond acceptors (Lipinski definition) is 3. The highest BCUT2D eigenvalue weighted by Gasteiger charge is 2.22. The summed E-state index contributed by atoms with van der Waals surface area (Å²) in [4.78, 5) is 2.48. The molecule has 1 N–H and O–H groups in total. The second kappa shape index (κ2) is 6.48.